The van der Waals surface area contributed by atoms with Gasteiger partial charge in [0.15, 0.2) is 9.84 Å². The molecule has 3 nitrogen and oxygen atoms in total. The Kier molecular flexibility index (Phi) is 2.01. The van der Waals surface area contributed by atoms with Gasteiger partial charge in [-0.1, -0.05) is 6.92 Å². The van der Waals surface area contributed by atoms with Crippen molar-refractivity contribution < 1.29 is 8.42 Å². The van der Waals surface area contributed by atoms with Gasteiger partial charge in [-0.25, -0.2) is 8.42 Å². The molecule has 0 aromatic rings. The summed E-state index contributed by atoms with van der Waals surface area (Å²) in [5, 5.41) is 0. The van der Waals surface area contributed by atoms with Crippen molar-refractivity contribution in [1.29, 1.82) is 0 Å². The molecule has 4 heteroatoms. The van der Waals surface area contributed by atoms with Gasteiger partial charge in [-0.15, -0.1) is 0 Å². The summed E-state index contributed by atoms with van der Waals surface area (Å²) in [6.45, 7) is 7.04. The zero-order chi connectivity index (χ0) is 8.70. The van der Waals surface area contributed by atoms with Crippen LogP contribution < -0.4 is 0 Å². The lowest BCUT2D eigenvalue weighted by Gasteiger charge is -2.28. The standard InChI is InChI=1S/C7H15NO2S/c1-4-8-5-6-11(9,10)7(8,2)3/h4-6H2,1-3H3. The van der Waals surface area contributed by atoms with Crippen LogP contribution in [0.3, 0.4) is 0 Å². The first-order chi connectivity index (χ1) is 4.92. The minimum atomic E-state index is -2.86. The van der Waals surface area contributed by atoms with E-state index in [0.717, 1.165) is 6.54 Å². The molecular formula is C7H15NO2S. The predicted molar refractivity (Wildman–Crippen MR) is 45.1 cm³/mol. The first-order valence-electron chi connectivity index (χ1n) is 3.89. The number of rotatable bonds is 1. The maximum Gasteiger partial charge on any atom is 0.169 e. The molecule has 0 aromatic carbocycles. The molecule has 11 heavy (non-hydrogen) atoms. The highest BCUT2D eigenvalue weighted by molar-refractivity contribution is 7.92. The smallest absolute Gasteiger partial charge is 0.169 e. The lowest BCUT2D eigenvalue weighted by atomic mass is 10.3. The van der Waals surface area contributed by atoms with E-state index >= 15 is 0 Å². The van der Waals surface area contributed by atoms with Crippen LogP contribution >= 0.6 is 0 Å². The Balaban J connectivity index is 3.00. The van der Waals surface area contributed by atoms with Gasteiger partial charge in [0.05, 0.1) is 5.75 Å². The van der Waals surface area contributed by atoms with Gasteiger partial charge in [-0.05, 0) is 20.4 Å². The van der Waals surface area contributed by atoms with E-state index in [1.165, 1.54) is 0 Å². The minimum absolute atomic E-state index is 0.313. The predicted octanol–water partition coefficient (Wildman–Crippen LogP) is 0.473. The zero-order valence-electron chi connectivity index (χ0n) is 7.29. The number of hydrogen-bond donors (Lipinski definition) is 0. The third kappa shape index (κ3) is 1.18. The van der Waals surface area contributed by atoms with Crippen molar-refractivity contribution in [3.05, 3.63) is 0 Å². The molecule has 1 aliphatic rings. The average Bonchev–Trinajstić information content (AvgIpc) is 2.05. The Morgan fingerprint density at radius 2 is 2.00 bits per heavy atom. The molecule has 1 rings (SSSR count). The van der Waals surface area contributed by atoms with Crippen LogP contribution in [0.1, 0.15) is 20.8 Å². The molecule has 0 saturated carbocycles. The molecule has 0 spiro atoms. The Morgan fingerprint density at radius 1 is 1.45 bits per heavy atom. The van der Waals surface area contributed by atoms with Crippen LogP contribution in [0.5, 0.6) is 0 Å². The third-order valence-corrected chi connectivity index (χ3v) is 5.03. The lowest BCUT2D eigenvalue weighted by Crippen LogP contribution is -2.42. The van der Waals surface area contributed by atoms with Crippen LogP contribution in [0, 0.1) is 0 Å². The van der Waals surface area contributed by atoms with E-state index in [0.29, 0.717) is 12.3 Å². The van der Waals surface area contributed by atoms with E-state index in [4.69, 9.17) is 0 Å². The SMILES string of the molecule is CCN1CCS(=O)(=O)C1(C)C. The van der Waals surface area contributed by atoms with Crippen LogP contribution in [0.15, 0.2) is 0 Å². The molecule has 0 amide bonds. The highest BCUT2D eigenvalue weighted by atomic mass is 32.2. The highest BCUT2D eigenvalue weighted by Gasteiger charge is 2.44. The van der Waals surface area contributed by atoms with Crippen LogP contribution in [0.25, 0.3) is 0 Å². The fraction of sp³-hybridized carbons (Fsp3) is 1.00. The first kappa shape index (κ1) is 9.00. The Bertz CT molecular complexity index is 243. The van der Waals surface area contributed by atoms with Crippen LogP contribution in [-0.2, 0) is 9.84 Å². The molecule has 1 aliphatic heterocycles. The quantitative estimate of drug-likeness (QED) is 0.584. The van der Waals surface area contributed by atoms with Gasteiger partial charge in [-0.2, -0.15) is 0 Å². The molecular weight excluding hydrogens is 162 g/mol. The van der Waals surface area contributed by atoms with Gasteiger partial charge in [0, 0.05) is 6.54 Å². The molecule has 0 atom stereocenters. The molecule has 1 heterocycles. The van der Waals surface area contributed by atoms with Crippen LogP contribution in [0.2, 0.25) is 0 Å². The van der Waals surface area contributed by atoms with Crippen LogP contribution in [-0.4, -0.2) is 37.0 Å². The second-order valence-corrected chi connectivity index (χ2v) is 5.98. The van der Waals surface area contributed by atoms with Gasteiger partial charge in [0.25, 0.3) is 0 Å². The van der Waals surface area contributed by atoms with Crippen LogP contribution in [0.4, 0.5) is 0 Å². The molecule has 0 aliphatic carbocycles. The first-order valence-corrected chi connectivity index (χ1v) is 5.54. The fourth-order valence-electron chi connectivity index (χ4n) is 1.48. The summed E-state index contributed by atoms with van der Waals surface area (Å²) in [5.41, 5.74) is 0. The minimum Gasteiger partial charge on any atom is -0.284 e. The Morgan fingerprint density at radius 3 is 2.18 bits per heavy atom. The summed E-state index contributed by atoms with van der Waals surface area (Å²) in [6.07, 6.45) is 0. The van der Waals surface area contributed by atoms with Crippen molar-refractivity contribution in [2.24, 2.45) is 0 Å². The summed E-state index contributed by atoms with van der Waals surface area (Å²) < 4.78 is 22.8. The average molecular weight is 177 g/mol. The maximum absolute atomic E-state index is 11.4. The zero-order valence-corrected chi connectivity index (χ0v) is 8.11. The summed E-state index contributed by atoms with van der Waals surface area (Å²) >= 11 is 0. The molecule has 0 N–H and O–H groups in total. The number of nitrogens with zero attached hydrogens (tertiary/aromatic N) is 1. The fourth-order valence-corrected chi connectivity index (χ4v) is 3.06. The Labute approximate surface area is 68.3 Å². The second kappa shape index (κ2) is 2.45. The van der Waals surface area contributed by atoms with E-state index < -0.39 is 14.7 Å². The second-order valence-electron chi connectivity index (χ2n) is 3.35. The number of sulfone groups is 1. The largest absolute Gasteiger partial charge is 0.284 e. The molecule has 66 valence electrons. The monoisotopic (exact) mass is 177 g/mol. The van der Waals surface area contributed by atoms with Gasteiger partial charge >= 0.3 is 0 Å². The van der Waals surface area contributed by atoms with Crippen molar-refractivity contribution in [3.63, 3.8) is 0 Å². The summed E-state index contributed by atoms with van der Waals surface area (Å²) in [4.78, 5) is 1.35. The van der Waals surface area contributed by atoms with E-state index in [1.807, 2.05) is 11.8 Å². The highest BCUT2D eigenvalue weighted by Crippen LogP contribution is 2.28. The Hall–Kier alpha value is -0.0900. The number of hydrogen-bond acceptors (Lipinski definition) is 3. The topological polar surface area (TPSA) is 37.4 Å². The lowest BCUT2D eigenvalue weighted by molar-refractivity contribution is 0.230. The molecule has 1 saturated heterocycles. The van der Waals surface area contributed by atoms with Gasteiger partial charge < -0.3 is 0 Å². The van der Waals surface area contributed by atoms with Crippen molar-refractivity contribution in [3.8, 4) is 0 Å². The van der Waals surface area contributed by atoms with Gasteiger partial charge in [0.2, 0.25) is 0 Å². The molecule has 0 radical (unpaired) electrons. The van der Waals surface area contributed by atoms with Gasteiger partial charge in [0.1, 0.15) is 4.87 Å². The van der Waals surface area contributed by atoms with Gasteiger partial charge in [-0.3, -0.25) is 4.90 Å². The summed E-state index contributed by atoms with van der Waals surface area (Å²) in [5.74, 6) is 0.313. The normalized spacial score (nSPS) is 29.0. The van der Waals surface area contributed by atoms with E-state index in [9.17, 15) is 8.42 Å². The van der Waals surface area contributed by atoms with E-state index in [1.54, 1.807) is 13.8 Å². The van der Waals surface area contributed by atoms with Crippen molar-refractivity contribution in [2.45, 2.75) is 25.6 Å². The van der Waals surface area contributed by atoms with Crippen molar-refractivity contribution in [1.82, 2.24) is 4.90 Å². The molecule has 0 aromatic heterocycles. The van der Waals surface area contributed by atoms with E-state index in [2.05, 4.69) is 0 Å². The summed E-state index contributed by atoms with van der Waals surface area (Å²) in [7, 11) is -2.86. The van der Waals surface area contributed by atoms with E-state index in [-0.39, 0.29) is 0 Å². The summed E-state index contributed by atoms with van der Waals surface area (Å²) in [6, 6.07) is 0. The third-order valence-electron chi connectivity index (χ3n) is 2.53. The van der Waals surface area contributed by atoms with Crippen molar-refractivity contribution >= 4 is 9.84 Å². The molecule has 0 unspecified atom stereocenters. The van der Waals surface area contributed by atoms with Crippen molar-refractivity contribution in [2.75, 3.05) is 18.8 Å². The maximum atomic E-state index is 11.4. The molecule has 0 bridgehead atoms. The molecule has 1 fully saturated rings.